The van der Waals surface area contributed by atoms with Crippen LogP contribution in [0, 0.1) is 3.57 Å². The van der Waals surface area contributed by atoms with Gasteiger partial charge in [0.15, 0.2) is 0 Å². The largest absolute Gasteiger partial charge is 0.352 e. The van der Waals surface area contributed by atoms with Gasteiger partial charge in [0.1, 0.15) is 6.04 Å². The minimum atomic E-state index is -0.677. The van der Waals surface area contributed by atoms with Gasteiger partial charge in [-0.2, -0.15) is 0 Å². The molecule has 0 heterocycles. The summed E-state index contributed by atoms with van der Waals surface area (Å²) in [5.41, 5.74) is 1.48. The summed E-state index contributed by atoms with van der Waals surface area (Å²) >= 11 is 2.08. The van der Waals surface area contributed by atoms with Gasteiger partial charge in [-0.05, 0) is 53.1 Å². The molecule has 146 valence electrons. The first kappa shape index (κ1) is 20.3. The maximum atomic E-state index is 12.5. The molecule has 0 spiro atoms. The first-order chi connectivity index (χ1) is 13.5. The van der Waals surface area contributed by atoms with Crippen molar-refractivity contribution in [3.63, 3.8) is 0 Å². The van der Waals surface area contributed by atoms with Crippen LogP contribution < -0.4 is 16.0 Å². The molecule has 1 atom stereocenters. The maximum Gasteiger partial charge on any atom is 0.252 e. The molecule has 0 saturated heterocycles. The van der Waals surface area contributed by atoms with E-state index >= 15 is 0 Å². The second kappa shape index (κ2) is 9.68. The van der Waals surface area contributed by atoms with E-state index in [1.807, 2.05) is 42.5 Å². The number of carbonyl (C=O) groups excluding carboxylic acids is 3. The number of benzene rings is 2. The van der Waals surface area contributed by atoms with Crippen LogP contribution in [0.25, 0.3) is 0 Å². The van der Waals surface area contributed by atoms with E-state index < -0.39 is 11.9 Å². The van der Waals surface area contributed by atoms with Gasteiger partial charge in [0, 0.05) is 16.0 Å². The average Bonchev–Trinajstić information content (AvgIpc) is 3.51. The molecule has 1 saturated carbocycles. The Morgan fingerprint density at radius 1 is 1.00 bits per heavy atom. The molecule has 1 aliphatic carbocycles. The zero-order chi connectivity index (χ0) is 19.9. The highest BCUT2D eigenvalue weighted by molar-refractivity contribution is 14.1. The van der Waals surface area contributed by atoms with E-state index in [0.717, 1.165) is 22.0 Å². The van der Waals surface area contributed by atoms with Crippen LogP contribution in [0.15, 0.2) is 54.6 Å². The van der Waals surface area contributed by atoms with Crippen molar-refractivity contribution >= 4 is 40.3 Å². The van der Waals surface area contributed by atoms with Gasteiger partial charge < -0.3 is 16.0 Å². The number of hydrogen-bond acceptors (Lipinski definition) is 3. The molecule has 1 unspecified atom stereocenters. The fourth-order valence-corrected chi connectivity index (χ4v) is 3.37. The number of nitrogens with one attached hydrogen (secondary N) is 3. The quantitative estimate of drug-likeness (QED) is 0.494. The highest BCUT2D eigenvalue weighted by atomic mass is 127. The van der Waals surface area contributed by atoms with E-state index in [2.05, 4.69) is 38.5 Å². The predicted octanol–water partition coefficient (Wildman–Crippen LogP) is 2.03. The van der Waals surface area contributed by atoms with Gasteiger partial charge in [0.2, 0.25) is 11.8 Å². The SMILES string of the molecule is O=C(CNC(=O)c1ccccc1I)NC(Cc1ccccc1)C(=O)NC1CC1. The third-order valence-electron chi connectivity index (χ3n) is 4.39. The molecular weight excluding hydrogens is 469 g/mol. The third kappa shape index (κ3) is 6.05. The van der Waals surface area contributed by atoms with Crippen LogP contribution in [0.4, 0.5) is 0 Å². The molecule has 0 aromatic heterocycles. The van der Waals surface area contributed by atoms with Gasteiger partial charge in [0.25, 0.3) is 5.91 Å². The first-order valence-corrected chi connectivity index (χ1v) is 10.3. The van der Waals surface area contributed by atoms with Crippen LogP contribution in [0.2, 0.25) is 0 Å². The molecule has 0 radical (unpaired) electrons. The molecule has 3 N–H and O–H groups in total. The van der Waals surface area contributed by atoms with E-state index in [0.29, 0.717) is 12.0 Å². The van der Waals surface area contributed by atoms with E-state index in [1.165, 1.54) is 0 Å². The molecule has 1 aliphatic rings. The smallest absolute Gasteiger partial charge is 0.252 e. The molecule has 7 heteroatoms. The summed E-state index contributed by atoms with van der Waals surface area (Å²) in [4.78, 5) is 37.1. The second-order valence-electron chi connectivity index (χ2n) is 6.76. The summed E-state index contributed by atoms with van der Waals surface area (Å²) < 4.78 is 0.809. The van der Waals surface area contributed by atoms with Gasteiger partial charge in [-0.1, -0.05) is 42.5 Å². The molecule has 6 nitrogen and oxygen atoms in total. The summed E-state index contributed by atoms with van der Waals surface area (Å²) in [5.74, 6) is -0.906. The number of carbonyl (C=O) groups is 3. The number of hydrogen-bond donors (Lipinski definition) is 3. The van der Waals surface area contributed by atoms with Gasteiger partial charge >= 0.3 is 0 Å². The maximum absolute atomic E-state index is 12.5. The van der Waals surface area contributed by atoms with Gasteiger partial charge in [-0.15, -0.1) is 0 Å². The minimum absolute atomic E-state index is 0.189. The predicted molar refractivity (Wildman–Crippen MR) is 115 cm³/mol. The number of amides is 3. The van der Waals surface area contributed by atoms with Crippen molar-refractivity contribution in [3.8, 4) is 0 Å². The highest BCUT2D eigenvalue weighted by Crippen LogP contribution is 2.19. The summed E-state index contributed by atoms with van der Waals surface area (Å²) in [6.07, 6.45) is 2.35. The van der Waals surface area contributed by atoms with E-state index in [4.69, 9.17) is 0 Å². The third-order valence-corrected chi connectivity index (χ3v) is 5.33. The molecule has 3 rings (SSSR count). The van der Waals surface area contributed by atoms with Crippen molar-refractivity contribution in [1.29, 1.82) is 0 Å². The fraction of sp³-hybridized carbons (Fsp3) is 0.286. The Morgan fingerprint density at radius 2 is 1.68 bits per heavy atom. The number of rotatable bonds is 8. The van der Waals surface area contributed by atoms with Crippen LogP contribution >= 0.6 is 22.6 Å². The normalized spacial score (nSPS) is 14.0. The first-order valence-electron chi connectivity index (χ1n) is 9.19. The molecule has 28 heavy (non-hydrogen) atoms. The van der Waals surface area contributed by atoms with Crippen molar-refractivity contribution in [1.82, 2.24) is 16.0 Å². The number of halogens is 1. The van der Waals surface area contributed by atoms with Crippen molar-refractivity contribution in [2.24, 2.45) is 0 Å². The molecular formula is C21H22IN3O3. The van der Waals surface area contributed by atoms with Crippen molar-refractivity contribution in [2.75, 3.05) is 6.54 Å². The topological polar surface area (TPSA) is 87.3 Å². The Labute approximate surface area is 177 Å². The van der Waals surface area contributed by atoms with Gasteiger partial charge in [0.05, 0.1) is 12.1 Å². The lowest BCUT2D eigenvalue weighted by atomic mass is 10.1. The van der Waals surface area contributed by atoms with Crippen LogP contribution in [0.5, 0.6) is 0 Å². The molecule has 3 amide bonds. The Kier molecular flexibility index (Phi) is 7.02. The van der Waals surface area contributed by atoms with Crippen LogP contribution in [0.3, 0.4) is 0 Å². The standard InChI is InChI=1S/C21H22IN3O3/c22-17-9-5-4-8-16(17)20(27)23-13-19(26)25-18(21(28)24-15-10-11-15)12-14-6-2-1-3-7-14/h1-9,15,18H,10-13H2,(H,23,27)(H,24,28)(H,25,26). The summed E-state index contributed by atoms with van der Waals surface area (Å²) in [6.45, 7) is -0.189. The lowest BCUT2D eigenvalue weighted by Crippen LogP contribution is -2.51. The zero-order valence-corrected chi connectivity index (χ0v) is 17.4. The van der Waals surface area contributed by atoms with Gasteiger partial charge in [-0.25, -0.2) is 0 Å². The molecule has 2 aromatic rings. The molecule has 0 aliphatic heterocycles. The van der Waals surface area contributed by atoms with Crippen molar-refractivity contribution < 1.29 is 14.4 Å². The zero-order valence-electron chi connectivity index (χ0n) is 15.3. The van der Waals surface area contributed by atoms with E-state index in [9.17, 15) is 14.4 Å². The summed E-state index contributed by atoms with van der Waals surface area (Å²) in [5, 5.41) is 8.30. The lowest BCUT2D eigenvalue weighted by molar-refractivity contribution is -0.128. The van der Waals surface area contributed by atoms with Crippen LogP contribution in [-0.4, -0.2) is 36.3 Å². The molecule has 0 bridgehead atoms. The van der Waals surface area contributed by atoms with Crippen molar-refractivity contribution in [2.45, 2.75) is 31.3 Å². The van der Waals surface area contributed by atoms with Gasteiger partial charge in [-0.3, -0.25) is 14.4 Å². The molecule has 2 aromatic carbocycles. The van der Waals surface area contributed by atoms with Crippen LogP contribution in [0.1, 0.15) is 28.8 Å². The Hall–Kier alpha value is -2.42. The average molecular weight is 491 g/mol. The summed E-state index contributed by atoms with van der Waals surface area (Å²) in [6, 6.07) is 16.2. The van der Waals surface area contributed by atoms with E-state index in [-0.39, 0.29) is 24.4 Å². The molecule has 1 fully saturated rings. The minimum Gasteiger partial charge on any atom is -0.352 e. The Bertz CT molecular complexity index is 853. The Morgan fingerprint density at radius 3 is 2.36 bits per heavy atom. The second-order valence-corrected chi connectivity index (χ2v) is 7.92. The summed E-state index contributed by atoms with van der Waals surface area (Å²) in [7, 11) is 0. The van der Waals surface area contributed by atoms with Crippen molar-refractivity contribution in [3.05, 3.63) is 69.3 Å². The monoisotopic (exact) mass is 491 g/mol. The lowest BCUT2D eigenvalue weighted by Gasteiger charge is -2.19. The fourth-order valence-electron chi connectivity index (χ4n) is 2.74. The Balaban J connectivity index is 1.57. The van der Waals surface area contributed by atoms with E-state index in [1.54, 1.807) is 12.1 Å². The van der Waals surface area contributed by atoms with Crippen LogP contribution in [-0.2, 0) is 16.0 Å². The highest BCUT2D eigenvalue weighted by Gasteiger charge is 2.28.